The van der Waals surface area contributed by atoms with Crippen LogP contribution in [-0.2, 0) is 26.3 Å². The first-order valence-electron chi connectivity index (χ1n) is 13.9. The van der Waals surface area contributed by atoms with E-state index < -0.39 is 24.3 Å². The van der Waals surface area contributed by atoms with Crippen LogP contribution >= 0.6 is 11.3 Å². The van der Waals surface area contributed by atoms with Crippen molar-refractivity contribution in [1.29, 1.82) is 0 Å². The average molecular weight is 652 g/mol. The van der Waals surface area contributed by atoms with Crippen LogP contribution in [0.4, 0.5) is 26.3 Å². The number of piperazine rings is 1. The van der Waals surface area contributed by atoms with E-state index in [0.29, 0.717) is 18.2 Å². The van der Waals surface area contributed by atoms with Crippen molar-refractivity contribution in [3.8, 4) is 0 Å². The number of hydrogen-bond donors (Lipinski definition) is 2. The van der Waals surface area contributed by atoms with Crippen LogP contribution in [0.25, 0.3) is 0 Å². The van der Waals surface area contributed by atoms with E-state index in [4.69, 9.17) is 19.8 Å². The molecular weight excluding hydrogens is 616 g/mol. The summed E-state index contributed by atoms with van der Waals surface area (Å²) in [6, 6.07) is 13.4. The van der Waals surface area contributed by atoms with Gasteiger partial charge in [-0.15, -0.1) is 11.3 Å². The number of alkyl halides is 6. The molecule has 1 aliphatic carbocycles. The van der Waals surface area contributed by atoms with E-state index >= 15 is 0 Å². The van der Waals surface area contributed by atoms with E-state index in [2.05, 4.69) is 63.5 Å². The van der Waals surface area contributed by atoms with Gasteiger partial charge in [0.05, 0.1) is 0 Å². The molecule has 1 amide bonds. The SMILES string of the molecule is CN1CCN(C(=O)CC2CC3(CCN(Cc4cccs4)CC3)c3ccccc32)CC1.O=C(O)C(F)(F)F.O=C(O)C(F)(F)F. The highest BCUT2D eigenvalue weighted by Gasteiger charge is 2.46. The van der Waals surface area contributed by atoms with Gasteiger partial charge in [-0.3, -0.25) is 9.69 Å². The second-order valence-corrected chi connectivity index (χ2v) is 12.2. The number of carbonyl (C=O) groups excluding carboxylic acids is 1. The fourth-order valence-corrected chi connectivity index (χ4v) is 6.59. The topological polar surface area (TPSA) is 101 Å². The molecule has 2 saturated heterocycles. The van der Waals surface area contributed by atoms with E-state index in [1.807, 2.05) is 11.3 Å². The van der Waals surface area contributed by atoms with Crippen molar-refractivity contribution in [2.45, 2.75) is 55.9 Å². The number of carboxylic acid groups (broad SMARTS) is 2. The Bertz CT molecular complexity index is 1230. The summed E-state index contributed by atoms with van der Waals surface area (Å²) >= 11 is 1.86. The van der Waals surface area contributed by atoms with Gasteiger partial charge < -0.3 is 20.0 Å². The van der Waals surface area contributed by atoms with Crippen LogP contribution in [0.1, 0.15) is 47.6 Å². The summed E-state index contributed by atoms with van der Waals surface area (Å²) in [5.41, 5.74) is 3.26. The third kappa shape index (κ3) is 9.66. The number of hydrogen-bond acceptors (Lipinski definition) is 6. The number of nitrogens with zero attached hydrogens (tertiary/aromatic N) is 3. The van der Waals surface area contributed by atoms with Crippen molar-refractivity contribution in [3.63, 3.8) is 0 Å². The highest BCUT2D eigenvalue weighted by atomic mass is 32.1. The first-order valence-corrected chi connectivity index (χ1v) is 14.8. The van der Waals surface area contributed by atoms with E-state index in [1.165, 1.54) is 28.8 Å². The summed E-state index contributed by atoms with van der Waals surface area (Å²) in [5, 5.41) is 16.4. The van der Waals surface area contributed by atoms with Gasteiger partial charge >= 0.3 is 24.3 Å². The number of piperidine rings is 1. The van der Waals surface area contributed by atoms with Crippen molar-refractivity contribution < 1.29 is 50.9 Å². The predicted octanol–water partition coefficient (Wildman–Crippen LogP) is 5.20. The minimum Gasteiger partial charge on any atom is -0.475 e. The molecular formula is C29H35F6N3O5S. The molecule has 244 valence electrons. The summed E-state index contributed by atoms with van der Waals surface area (Å²) < 4.78 is 63.5. The van der Waals surface area contributed by atoms with E-state index in [-0.39, 0.29) is 5.41 Å². The van der Waals surface area contributed by atoms with Crippen molar-refractivity contribution >= 4 is 29.2 Å². The van der Waals surface area contributed by atoms with Crippen molar-refractivity contribution in [3.05, 3.63) is 57.8 Å². The van der Waals surface area contributed by atoms with E-state index in [0.717, 1.165) is 52.2 Å². The number of fused-ring (bicyclic) bond motifs is 2. The molecule has 2 aromatic rings. The molecule has 1 atom stereocenters. The molecule has 3 heterocycles. The van der Waals surface area contributed by atoms with Gasteiger partial charge in [0.2, 0.25) is 5.91 Å². The average Bonchev–Trinajstić information content (AvgIpc) is 3.57. The van der Waals surface area contributed by atoms with E-state index in [1.54, 1.807) is 0 Å². The molecule has 15 heteroatoms. The third-order valence-corrected chi connectivity index (χ3v) is 9.00. The second kappa shape index (κ2) is 14.7. The number of carboxylic acids is 2. The van der Waals surface area contributed by atoms with Gasteiger partial charge in [0.25, 0.3) is 0 Å². The molecule has 2 aliphatic heterocycles. The molecule has 1 unspecified atom stereocenters. The first-order chi connectivity index (χ1) is 20.5. The lowest BCUT2D eigenvalue weighted by Crippen LogP contribution is -2.47. The molecule has 1 aromatic heterocycles. The summed E-state index contributed by atoms with van der Waals surface area (Å²) in [6.45, 7) is 7.16. The van der Waals surface area contributed by atoms with Crippen molar-refractivity contribution in [2.75, 3.05) is 46.3 Å². The van der Waals surface area contributed by atoms with Crippen molar-refractivity contribution in [1.82, 2.24) is 14.7 Å². The van der Waals surface area contributed by atoms with Gasteiger partial charge in [-0.1, -0.05) is 30.3 Å². The lowest BCUT2D eigenvalue weighted by atomic mass is 9.73. The molecule has 1 spiro atoms. The summed E-state index contributed by atoms with van der Waals surface area (Å²) in [4.78, 5) is 39.4. The fraction of sp³-hybridized carbons (Fsp3) is 0.552. The number of amides is 1. The standard InChI is InChI=1S/C25H33N3OS.2C2HF3O2/c1-26-12-14-28(15-13-26)24(29)17-20-18-25(23-7-3-2-6-22(20)23)8-10-27(11-9-25)19-21-5-4-16-30-21;2*3-2(4,5)1(6)7/h2-7,16,20H,8-15,17-19H2,1H3;2*(H,6,7). The lowest BCUT2D eigenvalue weighted by molar-refractivity contribution is -0.193. The number of rotatable bonds is 4. The highest BCUT2D eigenvalue weighted by Crippen LogP contribution is 2.53. The minimum atomic E-state index is -5.08. The van der Waals surface area contributed by atoms with Crippen molar-refractivity contribution in [2.24, 2.45) is 0 Å². The summed E-state index contributed by atoms with van der Waals surface area (Å²) in [7, 11) is 2.14. The maximum absolute atomic E-state index is 13.1. The van der Waals surface area contributed by atoms with Gasteiger partial charge in [0.1, 0.15) is 0 Å². The molecule has 1 aromatic carbocycles. The molecule has 0 radical (unpaired) electrons. The number of likely N-dealkylation sites (N-methyl/N-ethyl adjacent to an activating group) is 1. The highest BCUT2D eigenvalue weighted by molar-refractivity contribution is 7.09. The number of carbonyl (C=O) groups is 3. The normalized spacial score (nSPS) is 20.2. The van der Waals surface area contributed by atoms with Gasteiger partial charge in [-0.2, -0.15) is 26.3 Å². The number of likely N-dealkylation sites (tertiary alicyclic amines) is 1. The lowest BCUT2D eigenvalue weighted by Gasteiger charge is -2.40. The van der Waals surface area contributed by atoms with Gasteiger partial charge in [0, 0.05) is 44.0 Å². The Morgan fingerprint density at radius 1 is 0.864 bits per heavy atom. The Kier molecular flexibility index (Phi) is 11.8. The molecule has 5 rings (SSSR count). The maximum Gasteiger partial charge on any atom is 0.490 e. The number of halogens is 6. The van der Waals surface area contributed by atoms with Gasteiger partial charge in [-0.25, -0.2) is 9.59 Å². The molecule has 2 fully saturated rings. The Balaban J connectivity index is 0.000000317. The Labute approximate surface area is 254 Å². The van der Waals surface area contributed by atoms with Gasteiger partial charge in [-0.05, 0) is 73.3 Å². The number of thiophene rings is 1. The monoisotopic (exact) mass is 651 g/mol. The zero-order chi connectivity index (χ0) is 32.7. The maximum atomic E-state index is 13.1. The molecule has 44 heavy (non-hydrogen) atoms. The largest absolute Gasteiger partial charge is 0.490 e. The molecule has 0 saturated carbocycles. The minimum absolute atomic E-state index is 0.273. The van der Waals surface area contributed by atoms with Crippen LogP contribution in [0.2, 0.25) is 0 Å². The quantitative estimate of drug-likeness (QED) is 0.439. The molecule has 0 bridgehead atoms. The van der Waals surface area contributed by atoms with Crippen LogP contribution in [0.3, 0.4) is 0 Å². The zero-order valence-corrected chi connectivity index (χ0v) is 24.9. The predicted molar refractivity (Wildman–Crippen MR) is 150 cm³/mol. The van der Waals surface area contributed by atoms with E-state index in [9.17, 15) is 31.1 Å². The third-order valence-electron chi connectivity index (χ3n) is 8.14. The Hall–Kier alpha value is -3.17. The first kappa shape index (κ1) is 35.3. The molecule has 8 nitrogen and oxygen atoms in total. The second-order valence-electron chi connectivity index (χ2n) is 11.1. The summed E-state index contributed by atoms with van der Waals surface area (Å²) in [6.07, 6.45) is -5.90. The van der Waals surface area contributed by atoms with Crippen LogP contribution in [0, 0.1) is 0 Å². The Morgan fingerprint density at radius 3 is 1.91 bits per heavy atom. The Morgan fingerprint density at radius 2 is 1.41 bits per heavy atom. The molecule has 2 N–H and O–H groups in total. The molecule has 3 aliphatic rings. The smallest absolute Gasteiger partial charge is 0.475 e. The summed E-state index contributed by atoms with van der Waals surface area (Å²) in [5.74, 6) is -4.77. The zero-order valence-electron chi connectivity index (χ0n) is 24.0. The number of benzene rings is 1. The van der Waals surface area contributed by atoms with Crippen LogP contribution < -0.4 is 0 Å². The van der Waals surface area contributed by atoms with Crippen LogP contribution in [0.15, 0.2) is 41.8 Å². The van der Waals surface area contributed by atoms with Gasteiger partial charge in [0.15, 0.2) is 0 Å². The van der Waals surface area contributed by atoms with Crippen LogP contribution in [0.5, 0.6) is 0 Å². The van der Waals surface area contributed by atoms with Crippen LogP contribution in [-0.4, -0.2) is 101 Å². The number of aliphatic carboxylic acids is 2. The fourth-order valence-electron chi connectivity index (χ4n) is 5.84.